The predicted octanol–water partition coefficient (Wildman–Crippen LogP) is 5.58. The van der Waals surface area contributed by atoms with Gasteiger partial charge in [-0.1, -0.05) is 66.2 Å². The van der Waals surface area contributed by atoms with E-state index in [1.165, 1.54) is 0 Å². The highest BCUT2D eigenvalue weighted by molar-refractivity contribution is 7.89. The maximum absolute atomic E-state index is 13.6. The molecule has 0 saturated heterocycles. The summed E-state index contributed by atoms with van der Waals surface area (Å²) in [5.74, 6) is 0.276. The van der Waals surface area contributed by atoms with Gasteiger partial charge in [-0.15, -0.1) is 0 Å². The lowest BCUT2D eigenvalue weighted by atomic mass is 9.85. The SMILES string of the molecule is Cc1ccc(S(=O)(=O)N2CCC(c3ccc(O)cc3)c3ccc4ccccc4c3C2)cc1. The topological polar surface area (TPSA) is 57.6 Å². The first-order valence-corrected chi connectivity index (χ1v) is 12.2. The van der Waals surface area contributed by atoms with Crippen LogP contribution in [0.5, 0.6) is 5.75 Å². The fourth-order valence-corrected chi connectivity index (χ4v) is 6.08. The minimum Gasteiger partial charge on any atom is -0.508 e. The number of phenolic OH excluding ortho intramolecular Hbond substituents is 1. The summed E-state index contributed by atoms with van der Waals surface area (Å²) in [5, 5.41) is 11.9. The largest absolute Gasteiger partial charge is 0.508 e. The van der Waals surface area contributed by atoms with Gasteiger partial charge in [0.1, 0.15) is 5.75 Å². The van der Waals surface area contributed by atoms with E-state index in [1.54, 1.807) is 28.6 Å². The van der Waals surface area contributed by atoms with Gasteiger partial charge in [-0.2, -0.15) is 4.31 Å². The molecule has 0 saturated carbocycles. The van der Waals surface area contributed by atoms with Crippen LogP contribution in [0.4, 0.5) is 0 Å². The van der Waals surface area contributed by atoms with E-state index in [0.717, 1.165) is 33.0 Å². The molecule has 1 N–H and O–H groups in total. The third kappa shape index (κ3) is 3.68. The quantitative estimate of drug-likeness (QED) is 0.450. The molecular weight excluding hydrogens is 418 g/mol. The van der Waals surface area contributed by atoms with E-state index in [4.69, 9.17) is 0 Å². The molecule has 5 heteroatoms. The first kappa shape index (κ1) is 20.7. The Labute approximate surface area is 188 Å². The van der Waals surface area contributed by atoms with Gasteiger partial charge in [-0.25, -0.2) is 8.42 Å². The van der Waals surface area contributed by atoms with Crippen LogP contribution < -0.4 is 0 Å². The minimum absolute atomic E-state index is 0.0495. The van der Waals surface area contributed by atoms with Crippen LogP contribution in [0.2, 0.25) is 0 Å². The molecule has 1 aliphatic heterocycles. The fourth-order valence-electron chi connectivity index (χ4n) is 4.66. The number of aromatic hydroxyl groups is 1. The van der Waals surface area contributed by atoms with Crippen LogP contribution in [0.15, 0.2) is 89.8 Å². The lowest BCUT2D eigenvalue weighted by Gasteiger charge is -2.21. The second kappa shape index (κ2) is 8.08. The van der Waals surface area contributed by atoms with E-state index in [1.807, 2.05) is 43.3 Å². The standard InChI is InChI=1S/C27H25NO3S/c1-19-6-13-23(14-7-19)32(30,31)28-17-16-25(21-8-11-22(29)12-9-21)26-15-10-20-4-2-3-5-24(20)27(26)18-28/h2-15,25,29H,16-18H2,1H3. The van der Waals surface area contributed by atoms with Crippen molar-refractivity contribution in [2.45, 2.75) is 30.7 Å². The zero-order valence-electron chi connectivity index (χ0n) is 17.9. The lowest BCUT2D eigenvalue weighted by Crippen LogP contribution is -2.31. The van der Waals surface area contributed by atoms with Crippen LogP contribution in [0, 0.1) is 6.92 Å². The van der Waals surface area contributed by atoms with Crippen molar-refractivity contribution < 1.29 is 13.5 Å². The Balaban J connectivity index is 1.65. The smallest absolute Gasteiger partial charge is 0.243 e. The summed E-state index contributed by atoms with van der Waals surface area (Å²) in [6, 6.07) is 26.7. The first-order chi connectivity index (χ1) is 15.4. The van der Waals surface area contributed by atoms with Crippen LogP contribution in [0.3, 0.4) is 0 Å². The van der Waals surface area contributed by atoms with Crippen LogP contribution in [-0.4, -0.2) is 24.4 Å². The van der Waals surface area contributed by atoms with Crippen molar-refractivity contribution in [3.63, 3.8) is 0 Å². The summed E-state index contributed by atoms with van der Waals surface area (Å²) in [6.07, 6.45) is 0.668. The third-order valence-electron chi connectivity index (χ3n) is 6.41. The summed E-state index contributed by atoms with van der Waals surface area (Å²) >= 11 is 0. The molecule has 0 radical (unpaired) electrons. The number of rotatable bonds is 3. The molecule has 1 atom stereocenters. The molecule has 1 unspecified atom stereocenters. The number of hydrogen-bond acceptors (Lipinski definition) is 3. The Hall–Kier alpha value is -3.15. The number of nitrogens with zero attached hydrogens (tertiary/aromatic N) is 1. The molecule has 0 amide bonds. The van der Waals surface area contributed by atoms with Crippen molar-refractivity contribution in [2.24, 2.45) is 0 Å². The van der Waals surface area contributed by atoms with Gasteiger partial charge in [0.25, 0.3) is 0 Å². The summed E-state index contributed by atoms with van der Waals surface area (Å²) in [7, 11) is -3.63. The molecular formula is C27H25NO3S. The van der Waals surface area contributed by atoms with Gasteiger partial charge in [-0.3, -0.25) is 0 Å². The molecule has 0 bridgehead atoms. The number of fused-ring (bicyclic) bond motifs is 3. The number of aryl methyl sites for hydroxylation is 1. The molecule has 4 nitrogen and oxygen atoms in total. The van der Waals surface area contributed by atoms with E-state index in [2.05, 4.69) is 24.3 Å². The van der Waals surface area contributed by atoms with E-state index < -0.39 is 10.0 Å². The van der Waals surface area contributed by atoms with Crippen LogP contribution in [0.1, 0.15) is 34.6 Å². The van der Waals surface area contributed by atoms with Gasteiger partial charge in [0.15, 0.2) is 0 Å². The van der Waals surface area contributed by atoms with E-state index in [9.17, 15) is 13.5 Å². The second-order valence-corrected chi connectivity index (χ2v) is 10.4. The van der Waals surface area contributed by atoms with E-state index in [0.29, 0.717) is 24.4 Å². The molecule has 4 aromatic rings. The number of sulfonamides is 1. The maximum atomic E-state index is 13.6. The molecule has 32 heavy (non-hydrogen) atoms. The van der Waals surface area contributed by atoms with Crippen molar-refractivity contribution in [1.29, 1.82) is 0 Å². The normalized spacial score (nSPS) is 17.1. The molecule has 0 aromatic heterocycles. The molecule has 162 valence electrons. The van der Waals surface area contributed by atoms with Crippen molar-refractivity contribution in [3.8, 4) is 5.75 Å². The highest BCUT2D eigenvalue weighted by atomic mass is 32.2. The average molecular weight is 444 g/mol. The summed E-state index contributed by atoms with van der Waals surface area (Å²) in [6.45, 7) is 2.71. The molecule has 1 aliphatic rings. The maximum Gasteiger partial charge on any atom is 0.243 e. The van der Waals surface area contributed by atoms with Gasteiger partial charge in [0, 0.05) is 19.0 Å². The van der Waals surface area contributed by atoms with Crippen molar-refractivity contribution in [3.05, 3.63) is 107 Å². The Morgan fingerprint density at radius 2 is 1.59 bits per heavy atom. The molecule has 1 heterocycles. The number of hydrogen-bond donors (Lipinski definition) is 1. The van der Waals surface area contributed by atoms with Crippen molar-refractivity contribution in [2.75, 3.05) is 6.54 Å². The van der Waals surface area contributed by atoms with Crippen LogP contribution in [0.25, 0.3) is 10.8 Å². The van der Waals surface area contributed by atoms with Crippen molar-refractivity contribution in [1.82, 2.24) is 4.31 Å². The van der Waals surface area contributed by atoms with Crippen molar-refractivity contribution >= 4 is 20.8 Å². The predicted molar refractivity (Wildman–Crippen MR) is 127 cm³/mol. The highest BCUT2D eigenvalue weighted by Gasteiger charge is 2.31. The van der Waals surface area contributed by atoms with Crippen LogP contribution >= 0.6 is 0 Å². The number of benzene rings is 4. The summed E-state index contributed by atoms with van der Waals surface area (Å²) in [5.41, 5.74) is 4.31. The monoisotopic (exact) mass is 443 g/mol. The Morgan fingerprint density at radius 1 is 0.875 bits per heavy atom. The highest BCUT2D eigenvalue weighted by Crippen LogP contribution is 2.39. The second-order valence-electron chi connectivity index (χ2n) is 8.44. The van der Waals surface area contributed by atoms with Crippen LogP contribution in [-0.2, 0) is 16.6 Å². The number of phenols is 1. The third-order valence-corrected chi connectivity index (χ3v) is 8.27. The average Bonchev–Trinajstić information content (AvgIpc) is 3.00. The summed E-state index contributed by atoms with van der Waals surface area (Å²) in [4.78, 5) is 0.327. The van der Waals surface area contributed by atoms with Gasteiger partial charge in [0.2, 0.25) is 10.0 Å². The van der Waals surface area contributed by atoms with E-state index >= 15 is 0 Å². The van der Waals surface area contributed by atoms with Gasteiger partial charge in [0.05, 0.1) is 4.90 Å². The fraction of sp³-hybridized carbons (Fsp3) is 0.185. The Kier molecular flexibility index (Phi) is 5.24. The molecule has 0 fully saturated rings. The lowest BCUT2D eigenvalue weighted by molar-refractivity contribution is 0.406. The zero-order chi connectivity index (χ0) is 22.3. The molecule has 5 rings (SSSR count). The molecule has 0 spiro atoms. The Morgan fingerprint density at radius 3 is 2.34 bits per heavy atom. The van der Waals surface area contributed by atoms with Gasteiger partial charge >= 0.3 is 0 Å². The first-order valence-electron chi connectivity index (χ1n) is 10.8. The Bertz CT molecular complexity index is 1380. The van der Waals surface area contributed by atoms with Gasteiger partial charge in [-0.05, 0) is 65.1 Å². The molecule has 0 aliphatic carbocycles. The van der Waals surface area contributed by atoms with Gasteiger partial charge < -0.3 is 5.11 Å². The van der Waals surface area contributed by atoms with E-state index in [-0.39, 0.29) is 11.7 Å². The molecule has 4 aromatic carbocycles. The zero-order valence-corrected chi connectivity index (χ0v) is 18.7. The summed E-state index contributed by atoms with van der Waals surface area (Å²) < 4.78 is 28.8. The minimum atomic E-state index is -3.63.